The molecule has 0 aromatic carbocycles. The third-order valence-corrected chi connectivity index (χ3v) is 3.34. The molecule has 1 aliphatic rings. The summed E-state index contributed by atoms with van der Waals surface area (Å²) in [5.74, 6) is 0. The Hall–Kier alpha value is 0.310. The van der Waals surface area contributed by atoms with Crippen LogP contribution in [0.15, 0.2) is 0 Å². The van der Waals surface area contributed by atoms with E-state index in [9.17, 15) is 5.11 Å². The number of thioether (sulfide) groups is 1. The Bertz CT molecular complexity index is 115. The van der Waals surface area contributed by atoms with E-state index < -0.39 is 0 Å². The topological polar surface area (TPSA) is 20.2 Å². The lowest BCUT2D eigenvalue weighted by molar-refractivity contribution is 0.0869. The molecule has 0 aliphatic carbocycles. The maximum Gasteiger partial charge on any atom is 0.0822 e. The molecule has 2 heteroatoms. The van der Waals surface area contributed by atoms with Crippen molar-refractivity contribution in [3.05, 3.63) is 0 Å². The van der Waals surface area contributed by atoms with E-state index in [0.717, 1.165) is 0 Å². The Kier molecular flexibility index (Phi) is 1.38. The van der Waals surface area contributed by atoms with Crippen molar-refractivity contribution in [3.63, 3.8) is 0 Å². The van der Waals surface area contributed by atoms with Crippen LogP contribution in [0.25, 0.3) is 0 Å². The summed E-state index contributed by atoms with van der Waals surface area (Å²) in [5.41, 5.74) is 0. The average Bonchev–Trinajstić information content (AvgIpc) is 1.63. The lowest BCUT2D eigenvalue weighted by Crippen LogP contribution is -2.58. The van der Waals surface area contributed by atoms with Gasteiger partial charge in [-0.1, -0.05) is 0 Å². The molecule has 0 bridgehead atoms. The molecule has 0 radical (unpaired) electrons. The fourth-order valence-electron chi connectivity index (χ4n) is 1.57. The van der Waals surface area contributed by atoms with Gasteiger partial charge < -0.3 is 5.11 Å². The highest BCUT2D eigenvalue weighted by Crippen LogP contribution is 2.54. The summed E-state index contributed by atoms with van der Waals surface area (Å²) in [5, 5.41) is 9.48. The van der Waals surface area contributed by atoms with Gasteiger partial charge in [-0.05, 0) is 27.7 Å². The molecule has 54 valence electrons. The third-order valence-electron chi connectivity index (χ3n) is 1.84. The maximum absolute atomic E-state index is 9.48. The SMILES string of the molecule is CC1(C)SC(C)(C)C1O. The van der Waals surface area contributed by atoms with Crippen LogP contribution in [0.2, 0.25) is 0 Å². The highest BCUT2D eigenvalue weighted by atomic mass is 32.2. The summed E-state index contributed by atoms with van der Waals surface area (Å²) in [4.78, 5) is 0. The Morgan fingerprint density at radius 2 is 1.44 bits per heavy atom. The zero-order chi connectivity index (χ0) is 7.28. The standard InChI is InChI=1S/C7H14OS/c1-6(2)5(8)7(3,4)9-6/h5,8H,1-4H3. The molecule has 0 spiro atoms. The average molecular weight is 146 g/mol. The van der Waals surface area contributed by atoms with E-state index in [0.29, 0.717) is 0 Å². The maximum atomic E-state index is 9.48. The molecule has 0 unspecified atom stereocenters. The minimum atomic E-state index is -0.144. The fraction of sp³-hybridized carbons (Fsp3) is 1.00. The number of hydrogen-bond donors (Lipinski definition) is 1. The Morgan fingerprint density at radius 3 is 1.44 bits per heavy atom. The van der Waals surface area contributed by atoms with Crippen LogP contribution >= 0.6 is 11.8 Å². The van der Waals surface area contributed by atoms with E-state index >= 15 is 0 Å². The highest BCUT2D eigenvalue weighted by molar-refractivity contribution is 8.03. The first-order valence-corrected chi connectivity index (χ1v) is 4.06. The molecule has 0 aromatic rings. The molecule has 0 aromatic heterocycles. The molecule has 1 fully saturated rings. The van der Waals surface area contributed by atoms with Crippen molar-refractivity contribution in [2.45, 2.75) is 43.3 Å². The zero-order valence-electron chi connectivity index (χ0n) is 6.43. The second kappa shape index (κ2) is 1.67. The van der Waals surface area contributed by atoms with Gasteiger partial charge in [0.05, 0.1) is 6.10 Å². The lowest BCUT2D eigenvalue weighted by Gasteiger charge is -2.53. The lowest BCUT2D eigenvalue weighted by atomic mass is 9.92. The van der Waals surface area contributed by atoms with Crippen LogP contribution < -0.4 is 0 Å². The van der Waals surface area contributed by atoms with Gasteiger partial charge in [0.2, 0.25) is 0 Å². The van der Waals surface area contributed by atoms with Gasteiger partial charge >= 0.3 is 0 Å². The number of rotatable bonds is 0. The number of aliphatic hydroxyl groups is 1. The van der Waals surface area contributed by atoms with Crippen LogP contribution in [0.5, 0.6) is 0 Å². The summed E-state index contributed by atoms with van der Waals surface area (Å²) in [6.07, 6.45) is -0.144. The van der Waals surface area contributed by atoms with Gasteiger partial charge in [-0.25, -0.2) is 0 Å². The fourth-order valence-corrected chi connectivity index (χ4v) is 3.55. The number of hydrogen-bond acceptors (Lipinski definition) is 2. The monoisotopic (exact) mass is 146 g/mol. The van der Waals surface area contributed by atoms with Gasteiger partial charge in [0.15, 0.2) is 0 Å². The molecule has 1 aliphatic heterocycles. The second-order valence-corrected chi connectivity index (χ2v) is 6.02. The van der Waals surface area contributed by atoms with Crippen LogP contribution in [-0.4, -0.2) is 20.7 Å². The molecule has 0 atom stereocenters. The van der Waals surface area contributed by atoms with E-state index in [1.54, 1.807) is 0 Å². The summed E-state index contributed by atoms with van der Waals surface area (Å²) in [6.45, 7) is 8.31. The van der Waals surface area contributed by atoms with Gasteiger partial charge in [-0.2, -0.15) is 0 Å². The van der Waals surface area contributed by atoms with E-state index in [4.69, 9.17) is 0 Å². The molecule has 0 saturated carbocycles. The first kappa shape index (κ1) is 7.42. The molecule has 0 amide bonds. The summed E-state index contributed by atoms with van der Waals surface area (Å²) < 4.78 is 0.174. The van der Waals surface area contributed by atoms with E-state index in [2.05, 4.69) is 27.7 Å². The quantitative estimate of drug-likeness (QED) is 0.561. The van der Waals surface area contributed by atoms with Crippen molar-refractivity contribution in [3.8, 4) is 0 Å². The predicted octanol–water partition coefficient (Wildman–Crippen LogP) is 1.65. The van der Waals surface area contributed by atoms with E-state index in [1.165, 1.54) is 0 Å². The van der Waals surface area contributed by atoms with Crippen LogP contribution in [0.3, 0.4) is 0 Å². The van der Waals surface area contributed by atoms with Crippen molar-refractivity contribution >= 4 is 11.8 Å². The first-order chi connectivity index (χ1) is 3.86. The molecule has 1 heterocycles. The molecule has 1 rings (SSSR count). The van der Waals surface area contributed by atoms with Crippen molar-refractivity contribution in [1.82, 2.24) is 0 Å². The zero-order valence-corrected chi connectivity index (χ0v) is 7.25. The molecular formula is C7H14OS. The van der Waals surface area contributed by atoms with Gasteiger partial charge in [0.1, 0.15) is 0 Å². The summed E-state index contributed by atoms with van der Waals surface area (Å²) in [6, 6.07) is 0. The predicted molar refractivity (Wildman–Crippen MR) is 41.8 cm³/mol. The Morgan fingerprint density at radius 1 is 1.11 bits per heavy atom. The van der Waals surface area contributed by atoms with Crippen molar-refractivity contribution in [2.75, 3.05) is 0 Å². The first-order valence-electron chi connectivity index (χ1n) is 3.24. The minimum Gasteiger partial charge on any atom is -0.390 e. The van der Waals surface area contributed by atoms with Crippen molar-refractivity contribution < 1.29 is 5.11 Å². The van der Waals surface area contributed by atoms with Gasteiger partial charge in [-0.3, -0.25) is 0 Å². The largest absolute Gasteiger partial charge is 0.390 e. The normalized spacial score (nSPS) is 31.7. The minimum absolute atomic E-state index is 0.0868. The van der Waals surface area contributed by atoms with E-state index in [1.807, 2.05) is 11.8 Å². The number of aliphatic hydroxyl groups excluding tert-OH is 1. The summed E-state index contributed by atoms with van der Waals surface area (Å²) >= 11 is 1.85. The van der Waals surface area contributed by atoms with Gasteiger partial charge in [0.25, 0.3) is 0 Å². The van der Waals surface area contributed by atoms with E-state index in [-0.39, 0.29) is 15.6 Å². The Labute approximate surface area is 60.8 Å². The molecule has 1 saturated heterocycles. The van der Waals surface area contributed by atoms with Crippen molar-refractivity contribution in [2.24, 2.45) is 0 Å². The molecule has 9 heavy (non-hydrogen) atoms. The van der Waals surface area contributed by atoms with Crippen molar-refractivity contribution in [1.29, 1.82) is 0 Å². The van der Waals surface area contributed by atoms with Gasteiger partial charge in [0, 0.05) is 9.49 Å². The van der Waals surface area contributed by atoms with Gasteiger partial charge in [-0.15, -0.1) is 11.8 Å². The molecule has 1 N–H and O–H groups in total. The molecular weight excluding hydrogens is 132 g/mol. The molecule has 1 nitrogen and oxygen atoms in total. The Balaban J connectivity index is 2.62. The van der Waals surface area contributed by atoms with Crippen LogP contribution in [0.1, 0.15) is 27.7 Å². The smallest absolute Gasteiger partial charge is 0.0822 e. The van der Waals surface area contributed by atoms with Crippen LogP contribution in [0.4, 0.5) is 0 Å². The summed E-state index contributed by atoms with van der Waals surface area (Å²) in [7, 11) is 0. The third kappa shape index (κ3) is 0.987. The highest BCUT2D eigenvalue weighted by Gasteiger charge is 2.53. The van der Waals surface area contributed by atoms with Crippen LogP contribution in [0, 0.1) is 0 Å². The second-order valence-electron chi connectivity index (χ2n) is 3.71. The van der Waals surface area contributed by atoms with Crippen LogP contribution in [-0.2, 0) is 0 Å².